The van der Waals surface area contributed by atoms with E-state index >= 15 is 0 Å². The predicted octanol–water partition coefficient (Wildman–Crippen LogP) is 3.98. The molecule has 20 heavy (non-hydrogen) atoms. The lowest BCUT2D eigenvalue weighted by molar-refractivity contribution is -0.114. The third-order valence-corrected chi connectivity index (χ3v) is 4.04. The minimum atomic E-state index is -0.113. The third-order valence-electron chi connectivity index (χ3n) is 2.65. The minimum Gasteiger partial charge on any atom is -0.495 e. The van der Waals surface area contributed by atoms with Crippen molar-refractivity contribution in [2.45, 2.75) is 13.5 Å². The van der Waals surface area contributed by atoms with Gasteiger partial charge in [-0.1, -0.05) is 11.6 Å². The molecule has 4 nitrogen and oxygen atoms in total. The first kappa shape index (κ1) is 14.7. The highest BCUT2D eigenvalue weighted by molar-refractivity contribution is 7.10. The Kier molecular flexibility index (Phi) is 4.87. The van der Waals surface area contributed by atoms with E-state index in [4.69, 9.17) is 16.3 Å². The second-order valence-corrected chi connectivity index (χ2v) is 5.55. The molecular formula is C14H15ClN2O2S. The molecule has 1 heterocycles. The van der Waals surface area contributed by atoms with Gasteiger partial charge in [0.25, 0.3) is 0 Å². The summed E-state index contributed by atoms with van der Waals surface area (Å²) in [6.45, 7) is 2.10. The SMILES string of the molecule is COc1cc(NC(C)=O)ccc1NCc1sccc1Cl. The lowest BCUT2D eigenvalue weighted by Gasteiger charge is -2.12. The first-order valence-electron chi connectivity index (χ1n) is 6.01. The van der Waals surface area contributed by atoms with Crippen molar-refractivity contribution in [2.75, 3.05) is 17.7 Å². The summed E-state index contributed by atoms with van der Waals surface area (Å²) in [6.07, 6.45) is 0. The van der Waals surface area contributed by atoms with Crippen molar-refractivity contribution >= 4 is 40.2 Å². The van der Waals surface area contributed by atoms with Crippen LogP contribution in [0.4, 0.5) is 11.4 Å². The number of hydrogen-bond donors (Lipinski definition) is 2. The van der Waals surface area contributed by atoms with Crippen LogP contribution in [-0.2, 0) is 11.3 Å². The van der Waals surface area contributed by atoms with Gasteiger partial charge in [-0.15, -0.1) is 11.3 Å². The molecular weight excluding hydrogens is 296 g/mol. The standard InChI is InChI=1S/C14H15ClN2O2S/c1-9(18)17-10-3-4-12(13(7-10)19-2)16-8-14-11(15)5-6-20-14/h3-7,16H,8H2,1-2H3,(H,17,18). The van der Waals surface area contributed by atoms with E-state index in [0.717, 1.165) is 15.6 Å². The van der Waals surface area contributed by atoms with Crippen LogP contribution in [-0.4, -0.2) is 13.0 Å². The molecule has 2 aromatic rings. The molecule has 0 atom stereocenters. The molecule has 0 spiro atoms. The average Bonchev–Trinajstić information content (AvgIpc) is 2.82. The molecule has 0 aliphatic carbocycles. The molecule has 0 unspecified atom stereocenters. The van der Waals surface area contributed by atoms with Gasteiger partial charge in [-0.2, -0.15) is 0 Å². The first-order valence-corrected chi connectivity index (χ1v) is 7.27. The van der Waals surface area contributed by atoms with E-state index in [-0.39, 0.29) is 5.91 Å². The van der Waals surface area contributed by atoms with E-state index in [1.165, 1.54) is 6.92 Å². The molecule has 0 aliphatic rings. The second kappa shape index (κ2) is 6.63. The van der Waals surface area contributed by atoms with Crippen LogP contribution < -0.4 is 15.4 Å². The normalized spacial score (nSPS) is 10.2. The zero-order valence-corrected chi connectivity index (χ0v) is 12.8. The Hall–Kier alpha value is -1.72. The van der Waals surface area contributed by atoms with Gasteiger partial charge in [0.2, 0.25) is 5.91 Å². The van der Waals surface area contributed by atoms with Gasteiger partial charge >= 0.3 is 0 Å². The number of ether oxygens (including phenoxy) is 1. The van der Waals surface area contributed by atoms with Crippen molar-refractivity contribution in [3.05, 3.63) is 39.5 Å². The van der Waals surface area contributed by atoms with Gasteiger partial charge in [-0.3, -0.25) is 4.79 Å². The van der Waals surface area contributed by atoms with E-state index in [0.29, 0.717) is 18.0 Å². The summed E-state index contributed by atoms with van der Waals surface area (Å²) in [5, 5.41) is 8.71. The Morgan fingerprint density at radius 1 is 1.40 bits per heavy atom. The Labute approximate surface area is 126 Å². The Morgan fingerprint density at radius 2 is 2.20 bits per heavy atom. The molecule has 1 aromatic heterocycles. The summed E-state index contributed by atoms with van der Waals surface area (Å²) >= 11 is 7.66. The van der Waals surface area contributed by atoms with Crippen molar-refractivity contribution < 1.29 is 9.53 Å². The number of halogens is 1. The maximum Gasteiger partial charge on any atom is 0.221 e. The molecule has 1 amide bonds. The molecule has 6 heteroatoms. The number of amides is 1. The van der Waals surface area contributed by atoms with Crippen LogP contribution in [0.5, 0.6) is 5.75 Å². The van der Waals surface area contributed by atoms with Crippen molar-refractivity contribution in [1.29, 1.82) is 0 Å². The Balaban J connectivity index is 2.11. The molecule has 2 rings (SSSR count). The number of methoxy groups -OCH3 is 1. The summed E-state index contributed by atoms with van der Waals surface area (Å²) in [7, 11) is 1.59. The van der Waals surface area contributed by atoms with Crippen LogP contribution in [0.2, 0.25) is 5.02 Å². The summed E-state index contributed by atoms with van der Waals surface area (Å²) < 4.78 is 5.32. The predicted molar refractivity (Wildman–Crippen MR) is 84.0 cm³/mol. The topological polar surface area (TPSA) is 50.4 Å². The quantitative estimate of drug-likeness (QED) is 0.878. The van der Waals surface area contributed by atoms with Crippen LogP contribution in [0.25, 0.3) is 0 Å². The molecule has 0 saturated carbocycles. The Bertz CT molecular complexity index is 613. The van der Waals surface area contributed by atoms with Crippen molar-refractivity contribution in [1.82, 2.24) is 0 Å². The molecule has 2 N–H and O–H groups in total. The maximum absolute atomic E-state index is 11.0. The van der Waals surface area contributed by atoms with Crippen LogP contribution in [0.15, 0.2) is 29.6 Å². The fraction of sp³-hybridized carbons (Fsp3) is 0.214. The second-order valence-electron chi connectivity index (χ2n) is 4.14. The van der Waals surface area contributed by atoms with E-state index < -0.39 is 0 Å². The molecule has 1 aromatic carbocycles. The summed E-state index contributed by atoms with van der Waals surface area (Å²) in [6, 6.07) is 7.34. The van der Waals surface area contributed by atoms with Gasteiger partial charge in [0.15, 0.2) is 0 Å². The first-order chi connectivity index (χ1) is 9.60. The number of carbonyl (C=O) groups is 1. The van der Waals surface area contributed by atoms with Crippen molar-refractivity contribution in [2.24, 2.45) is 0 Å². The van der Waals surface area contributed by atoms with Crippen LogP contribution in [0.1, 0.15) is 11.8 Å². The highest BCUT2D eigenvalue weighted by Crippen LogP contribution is 2.30. The number of nitrogens with one attached hydrogen (secondary N) is 2. The lowest BCUT2D eigenvalue weighted by Crippen LogP contribution is -2.06. The molecule has 0 bridgehead atoms. The highest BCUT2D eigenvalue weighted by Gasteiger charge is 2.07. The number of carbonyl (C=O) groups excluding carboxylic acids is 1. The summed E-state index contributed by atoms with van der Waals surface area (Å²) in [4.78, 5) is 12.1. The average molecular weight is 311 g/mol. The Morgan fingerprint density at radius 3 is 2.80 bits per heavy atom. The number of rotatable bonds is 5. The van der Waals surface area contributed by atoms with Crippen molar-refractivity contribution in [3.63, 3.8) is 0 Å². The molecule has 0 fully saturated rings. The smallest absolute Gasteiger partial charge is 0.221 e. The maximum atomic E-state index is 11.0. The largest absolute Gasteiger partial charge is 0.495 e. The fourth-order valence-corrected chi connectivity index (χ4v) is 2.79. The minimum absolute atomic E-state index is 0.113. The monoisotopic (exact) mass is 310 g/mol. The number of anilines is 2. The molecule has 0 radical (unpaired) electrons. The number of benzene rings is 1. The molecule has 0 aliphatic heterocycles. The third kappa shape index (κ3) is 3.65. The van der Waals surface area contributed by atoms with E-state index in [9.17, 15) is 4.79 Å². The van der Waals surface area contributed by atoms with E-state index in [1.807, 2.05) is 23.6 Å². The molecule has 106 valence electrons. The van der Waals surface area contributed by atoms with Crippen LogP contribution in [0, 0.1) is 0 Å². The van der Waals surface area contributed by atoms with Gasteiger partial charge in [-0.25, -0.2) is 0 Å². The summed E-state index contributed by atoms with van der Waals surface area (Å²) in [5.74, 6) is 0.557. The highest BCUT2D eigenvalue weighted by atomic mass is 35.5. The summed E-state index contributed by atoms with van der Waals surface area (Å²) in [5.41, 5.74) is 1.56. The van der Waals surface area contributed by atoms with Crippen molar-refractivity contribution in [3.8, 4) is 5.75 Å². The zero-order chi connectivity index (χ0) is 14.5. The fourth-order valence-electron chi connectivity index (χ4n) is 1.75. The van der Waals surface area contributed by atoms with Gasteiger partial charge in [0.1, 0.15) is 5.75 Å². The van der Waals surface area contributed by atoms with E-state index in [1.54, 1.807) is 24.5 Å². The van der Waals surface area contributed by atoms with E-state index in [2.05, 4.69) is 10.6 Å². The number of hydrogen-bond acceptors (Lipinski definition) is 4. The van der Waals surface area contributed by atoms with Gasteiger partial charge in [0, 0.05) is 23.6 Å². The lowest BCUT2D eigenvalue weighted by atomic mass is 10.2. The van der Waals surface area contributed by atoms with Crippen LogP contribution in [0.3, 0.4) is 0 Å². The van der Waals surface area contributed by atoms with Gasteiger partial charge in [0.05, 0.1) is 24.4 Å². The number of thiophene rings is 1. The zero-order valence-electron chi connectivity index (χ0n) is 11.2. The molecule has 0 saturated heterocycles. The van der Waals surface area contributed by atoms with Crippen LogP contribution >= 0.6 is 22.9 Å². The van der Waals surface area contributed by atoms with Gasteiger partial charge in [-0.05, 0) is 23.6 Å². The van der Waals surface area contributed by atoms with Gasteiger partial charge < -0.3 is 15.4 Å².